The summed E-state index contributed by atoms with van der Waals surface area (Å²) in [6.07, 6.45) is 8.71. The maximum atomic E-state index is 11.2. The molecule has 1 saturated heterocycles. The fraction of sp³-hybridized carbons (Fsp3) is 0.444. The minimum Gasteiger partial charge on any atom is -0.491 e. The van der Waals surface area contributed by atoms with Gasteiger partial charge in [-0.2, -0.15) is 0 Å². The number of ether oxygens (including phenoxy) is 2. The van der Waals surface area contributed by atoms with Crippen LogP contribution in [0, 0.1) is 0 Å². The standard InChI is InChI=1S/C27H35NO4/c1-3-4-17-31-18-19-32-25-12-8-22(9-13-25)23-10-14-26(24(20-23)11-15-27(29)30)28-16-6-5-7-21(28)2/h8-15,20-21H,3-7,16-19H2,1-2H3,(H,29,30)/b15-11+. The summed E-state index contributed by atoms with van der Waals surface area (Å²) in [4.78, 5) is 13.6. The fourth-order valence-corrected chi connectivity index (χ4v) is 4.06. The van der Waals surface area contributed by atoms with E-state index in [1.807, 2.05) is 24.3 Å². The molecule has 3 rings (SSSR count). The van der Waals surface area contributed by atoms with Crippen LogP contribution in [0.2, 0.25) is 0 Å². The Kier molecular flexibility index (Phi) is 9.17. The van der Waals surface area contributed by atoms with E-state index in [2.05, 4.69) is 36.9 Å². The second kappa shape index (κ2) is 12.3. The average molecular weight is 438 g/mol. The van der Waals surface area contributed by atoms with E-state index >= 15 is 0 Å². The third-order valence-electron chi connectivity index (χ3n) is 5.87. The highest BCUT2D eigenvalue weighted by atomic mass is 16.5. The second-order valence-electron chi connectivity index (χ2n) is 8.32. The van der Waals surface area contributed by atoms with E-state index in [1.165, 1.54) is 18.9 Å². The Morgan fingerprint density at radius 3 is 2.59 bits per heavy atom. The third-order valence-corrected chi connectivity index (χ3v) is 5.87. The lowest BCUT2D eigenvalue weighted by Gasteiger charge is -2.36. The highest BCUT2D eigenvalue weighted by molar-refractivity contribution is 5.88. The summed E-state index contributed by atoms with van der Waals surface area (Å²) in [5, 5.41) is 9.15. The minimum absolute atomic E-state index is 0.453. The van der Waals surface area contributed by atoms with Gasteiger partial charge in [-0.1, -0.05) is 31.5 Å². The van der Waals surface area contributed by atoms with Gasteiger partial charge in [0.2, 0.25) is 0 Å². The number of nitrogens with zero attached hydrogens (tertiary/aromatic N) is 1. The first-order valence-electron chi connectivity index (χ1n) is 11.7. The van der Waals surface area contributed by atoms with Gasteiger partial charge in [-0.25, -0.2) is 4.79 Å². The van der Waals surface area contributed by atoms with Crippen LogP contribution in [-0.4, -0.2) is 43.5 Å². The second-order valence-corrected chi connectivity index (χ2v) is 8.32. The molecular formula is C27H35NO4. The Morgan fingerprint density at radius 1 is 1.09 bits per heavy atom. The molecule has 32 heavy (non-hydrogen) atoms. The van der Waals surface area contributed by atoms with Gasteiger partial charge < -0.3 is 19.5 Å². The largest absolute Gasteiger partial charge is 0.491 e. The molecule has 1 heterocycles. The van der Waals surface area contributed by atoms with Crippen LogP contribution in [0.5, 0.6) is 5.75 Å². The molecule has 1 aliphatic rings. The topological polar surface area (TPSA) is 59.0 Å². The number of carbonyl (C=O) groups is 1. The minimum atomic E-state index is -0.937. The van der Waals surface area contributed by atoms with E-state index in [9.17, 15) is 4.79 Å². The molecule has 5 heteroatoms. The molecule has 0 bridgehead atoms. The molecule has 0 radical (unpaired) electrons. The lowest BCUT2D eigenvalue weighted by atomic mass is 9.97. The van der Waals surface area contributed by atoms with Gasteiger partial charge in [0.25, 0.3) is 0 Å². The Labute approximate surface area is 191 Å². The van der Waals surface area contributed by atoms with Crippen molar-refractivity contribution >= 4 is 17.7 Å². The summed E-state index contributed by atoms with van der Waals surface area (Å²) in [6, 6.07) is 14.8. The molecule has 1 aliphatic heterocycles. The van der Waals surface area contributed by atoms with Crippen molar-refractivity contribution in [1.29, 1.82) is 0 Å². The van der Waals surface area contributed by atoms with Crippen molar-refractivity contribution < 1.29 is 19.4 Å². The highest BCUT2D eigenvalue weighted by Gasteiger charge is 2.20. The molecule has 1 unspecified atom stereocenters. The number of carboxylic acid groups (broad SMARTS) is 1. The molecular weight excluding hydrogens is 402 g/mol. The van der Waals surface area contributed by atoms with Crippen LogP contribution in [0.15, 0.2) is 48.5 Å². The smallest absolute Gasteiger partial charge is 0.328 e. The Balaban J connectivity index is 1.73. The van der Waals surface area contributed by atoms with Crippen molar-refractivity contribution in [2.24, 2.45) is 0 Å². The van der Waals surface area contributed by atoms with E-state index in [0.29, 0.717) is 19.3 Å². The predicted octanol–water partition coefficient (Wildman–Crippen LogP) is 6.03. The molecule has 1 N–H and O–H groups in total. The maximum absolute atomic E-state index is 11.2. The first-order chi connectivity index (χ1) is 15.6. The van der Waals surface area contributed by atoms with E-state index in [-0.39, 0.29) is 0 Å². The van der Waals surface area contributed by atoms with Crippen LogP contribution in [0.1, 0.15) is 51.5 Å². The van der Waals surface area contributed by atoms with Crippen molar-refractivity contribution in [1.82, 2.24) is 0 Å². The zero-order valence-corrected chi connectivity index (χ0v) is 19.3. The predicted molar refractivity (Wildman–Crippen MR) is 130 cm³/mol. The van der Waals surface area contributed by atoms with E-state index in [1.54, 1.807) is 6.08 Å². The van der Waals surface area contributed by atoms with Gasteiger partial charge in [0.05, 0.1) is 6.61 Å². The van der Waals surface area contributed by atoms with Crippen molar-refractivity contribution in [3.8, 4) is 16.9 Å². The summed E-state index contributed by atoms with van der Waals surface area (Å²) in [5.74, 6) is -0.120. The molecule has 2 aromatic carbocycles. The maximum Gasteiger partial charge on any atom is 0.328 e. The summed E-state index contributed by atoms with van der Waals surface area (Å²) in [7, 11) is 0. The van der Waals surface area contributed by atoms with Crippen molar-refractivity contribution in [2.75, 3.05) is 31.3 Å². The molecule has 0 spiro atoms. The van der Waals surface area contributed by atoms with Gasteiger partial charge in [0, 0.05) is 31.0 Å². The van der Waals surface area contributed by atoms with Crippen LogP contribution >= 0.6 is 0 Å². The lowest BCUT2D eigenvalue weighted by molar-refractivity contribution is -0.131. The number of anilines is 1. The van der Waals surface area contributed by atoms with Gasteiger partial charge in [0.1, 0.15) is 12.4 Å². The van der Waals surface area contributed by atoms with Gasteiger partial charge in [-0.15, -0.1) is 0 Å². The monoisotopic (exact) mass is 437 g/mol. The van der Waals surface area contributed by atoms with Gasteiger partial charge in [-0.05, 0) is 79.6 Å². The highest BCUT2D eigenvalue weighted by Crippen LogP contribution is 2.33. The molecule has 1 fully saturated rings. The molecule has 0 amide bonds. The van der Waals surface area contributed by atoms with E-state index in [0.717, 1.165) is 60.5 Å². The van der Waals surface area contributed by atoms with Crippen molar-refractivity contribution in [2.45, 2.75) is 52.0 Å². The van der Waals surface area contributed by atoms with Crippen LogP contribution in [-0.2, 0) is 9.53 Å². The Morgan fingerprint density at radius 2 is 1.88 bits per heavy atom. The average Bonchev–Trinajstić information content (AvgIpc) is 2.81. The number of benzene rings is 2. The SMILES string of the molecule is CCCCOCCOc1ccc(-c2ccc(N3CCCCC3C)c(/C=C/C(=O)O)c2)cc1. The van der Waals surface area contributed by atoms with E-state index in [4.69, 9.17) is 14.6 Å². The number of carboxylic acids is 1. The molecule has 172 valence electrons. The molecule has 0 saturated carbocycles. The summed E-state index contributed by atoms with van der Waals surface area (Å²) < 4.78 is 11.3. The normalized spacial score (nSPS) is 16.4. The van der Waals surface area contributed by atoms with Crippen LogP contribution < -0.4 is 9.64 Å². The van der Waals surface area contributed by atoms with Gasteiger partial charge >= 0.3 is 5.97 Å². The zero-order valence-electron chi connectivity index (χ0n) is 19.3. The number of piperidine rings is 1. The molecule has 5 nitrogen and oxygen atoms in total. The van der Waals surface area contributed by atoms with Crippen molar-refractivity contribution in [3.63, 3.8) is 0 Å². The zero-order chi connectivity index (χ0) is 22.8. The number of hydrogen-bond acceptors (Lipinski definition) is 4. The third kappa shape index (κ3) is 6.86. The lowest BCUT2D eigenvalue weighted by Crippen LogP contribution is -2.37. The molecule has 0 aromatic heterocycles. The van der Waals surface area contributed by atoms with Crippen molar-refractivity contribution in [3.05, 3.63) is 54.1 Å². The van der Waals surface area contributed by atoms with E-state index < -0.39 is 5.97 Å². The van der Waals surface area contributed by atoms with Crippen LogP contribution in [0.25, 0.3) is 17.2 Å². The Hall–Kier alpha value is -2.79. The molecule has 0 aliphatic carbocycles. The summed E-state index contributed by atoms with van der Waals surface area (Å²) >= 11 is 0. The van der Waals surface area contributed by atoms with Gasteiger partial charge in [-0.3, -0.25) is 0 Å². The van der Waals surface area contributed by atoms with Gasteiger partial charge in [0.15, 0.2) is 0 Å². The number of aliphatic carboxylic acids is 1. The quantitative estimate of drug-likeness (QED) is 0.344. The first kappa shape index (κ1) is 23.9. The summed E-state index contributed by atoms with van der Waals surface area (Å²) in [6.45, 7) is 7.31. The van der Waals surface area contributed by atoms with Crippen LogP contribution in [0.4, 0.5) is 5.69 Å². The number of hydrogen-bond donors (Lipinski definition) is 1. The molecule has 1 atom stereocenters. The fourth-order valence-electron chi connectivity index (χ4n) is 4.06. The number of unbranched alkanes of at least 4 members (excludes halogenated alkanes) is 1. The molecule has 2 aromatic rings. The number of rotatable bonds is 11. The first-order valence-corrected chi connectivity index (χ1v) is 11.7. The van der Waals surface area contributed by atoms with Crippen LogP contribution in [0.3, 0.4) is 0 Å². The Bertz CT molecular complexity index is 891. The summed E-state index contributed by atoms with van der Waals surface area (Å²) in [5.41, 5.74) is 4.15.